The fourth-order valence-corrected chi connectivity index (χ4v) is 2.28. The largest absolute Gasteiger partial charge is 0.492 e. The van der Waals surface area contributed by atoms with Gasteiger partial charge in [0.05, 0.1) is 0 Å². The molecule has 1 aliphatic heterocycles. The van der Waals surface area contributed by atoms with Crippen LogP contribution in [0.2, 0.25) is 0 Å². The summed E-state index contributed by atoms with van der Waals surface area (Å²) in [5, 5.41) is 0. The van der Waals surface area contributed by atoms with Gasteiger partial charge in [-0.2, -0.15) is 0 Å². The van der Waals surface area contributed by atoms with Crippen LogP contribution in [0.4, 0.5) is 0 Å². The minimum absolute atomic E-state index is 0.328. The Morgan fingerprint density at radius 2 is 2.24 bits per heavy atom. The van der Waals surface area contributed by atoms with Gasteiger partial charge in [0.25, 0.3) is 0 Å². The van der Waals surface area contributed by atoms with Crippen molar-refractivity contribution >= 4 is 0 Å². The molecule has 0 aliphatic carbocycles. The van der Waals surface area contributed by atoms with Gasteiger partial charge in [0.1, 0.15) is 12.4 Å². The zero-order valence-electron chi connectivity index (χ0n) is 10.7. The first-order valence-electron chi connectivity index (χ1n) is 6.32. The summed E-state index contributed by atoms with van der Waals surface area (Å²) < 4.78 is 5.74. The van der Waals surface area contributed by atoms with E-state index in [4.69, 9.17) is 10.5 Å². The quantitative estimate of drug-likeness (QED) is 0.861. The Hall–Kier alpha value is -1.06. The highest BCUT2D eigenvalue weighted by atomic mass is 16.5. The molecule has 0 saturated carbocycles. The monoisotopic (exact) mass is 234 g/mol. The molecule has 1 aliphatic rings. The number of hydrogen-bond donors (Lipinski definition) is 1. The van der Waals surface area contributed by atoms with Crippen LogP contribution >= 0.6 is 0 Å². The van der Waals surface area contributed by atoms with Crippen LogP contribution in [0.3, 0.4) is 0 Å². The van der Waals surface area contributed by atoms with E-state index in [2.05, 4.69) is 30.9 Å². The molecule has 0 radical (unpaired) electrons. The zero-order valence-corrected chi connectivity index (χ0v) is 10.7. The van der Waals surface area contributed by atoms with E-state index in [1.54, 1.807) is 0 Å². The summed E-state index contributed by atoms with van der Waals surface area (Å²) in [5.74, 6) is 1.57. The maximum Gasteiger partial charge on any atom is 0.119 e. The SMILES string of the molecule is Cc1cccc(OCCN2CC(C)C(N)C2)c1. The van der Waals surface area contributed by atoms with E-state index >= 15 is 0 Å². The lowest BCUT2D eigenvalue weighted by molar-refractivity contribution is 0.233. The van der Waals surface area contributed by atoms with Crippen molar-refractivity contribution in [1.29, 1.82) is 0 Å². The van der Waals surface area contributed by atoms with Crippen molar-refractivity contribution in [2.75, 3.05) is 26.2 Å². The van der Waals surface area contributed by atoms with Crippen LogP contribution in [0.15, 0.2) is 24.3 Å². The van der Waals surface area contributed by atoms with E-state index in [0.717, 1.165) is 32.0 Å². The number of benzene rings is 1. The van der Waals surface area contributed by atoms with E-state index in [1.165, 1.54) is 5.56 Å². The first kappa shape index (κ1) is 12.4. The van der Waals surface area contributed by atoms with Crippen LogP contribution in [0.1, 0.15) is 12.5 Å². The van der Waals surface area contributed by atoms with Crippen molar-refractivity contribution in [2.45, 2.75) is 19.9 Å². The van der Waals surface area contributed by atoms with Gasteiger partial charge in [-0.15, -0.1) is 0 Å². The molecule has 94 valence electrons. The lowest BCUT2D eigenvalue weighted by Crippen LogP contribution is -2.30. The summed E-state index contributed by atoms with van der Waals surface area (Å²) >= 11 is 0. The van der Waals surface area contributed by atoms with Crippen LogP contribution in [0.25, 0.3) is 0 Å². The molecule has 2 atom stereocenters. The van der Waals surface area contributed by atoms with E-state index in [0.29, 0.717) is 12.0 Å². The van der Waals surface area contributed by atoms with Gasteiger partial charge in [0, 0.05) is 25.7 Å². The van der Waals surface area contributed by atoms with E-state index < -0.39 is 0 Å². The molecular weight excluding hydrogens is 212 g/mol. The summed E-state index contributed by atoms with van der Waals surface area (Å²) in [4.78, 5) is 2.38. The number of hydrogen-bond acceptors (Lipinski definition) is 3. The highest BCUT2D eigenvalue weighted by Crippen LogP contribution is 2.15. The third kappa shape index (κ3) is 3.45. The molecule has 1 fully saturated rings. The predicted molar refractivity (Wildman–Crippen MR) is 70.3 cm³/mol. The maximum atomic E-state index is 5.99. The van der Waals surface area contributed by atoms with Gasteiger partial charge in [-0.1, -0.05) is 19.1 Å². The van der Waals surface area contributed by atoms with Gasteiger partial charge in [0.15, 0.2) is 0 Å². The molecule has 17 heavy (non-hydrogen) atoms. The second-order valence-corrected chi connectivity index (χ2v) is 5.07. The Morgan fingerprint density at radius 1 is 1.41 bits per heavy atom. The molecule has 2 rings (SSSR count). The van der Waals surface area contributed by atoms with Crippen molar-refractivity contribution < 1.29 is 4.74 Å². The summed E-state index contributed by atoms with van der Waals surface area (Å²) in [7, 11) is 0. The third-order valence-corrected chi connectivity index (χ3v) is 3.41. The molecule has 2 N–H and O–H groups in total. The van der Waals surface area contributed by atoms with Gasteiger partial charge < -0.3 is 10.5 Å². The number of aryl methyl sites for hydroxylation is 1. The van der Waals surface area contributed by atoms with Crippen LogP contribution in [-0.2, 0) is 0 Å². The Labute approximate surface area is 104 Å². The smallest absolute Gasteiger partial charge is 0.119 e. The average Bonchev–Trinajstić information content (AvgIpc) is 2.58. The number of nitrogens with two attached hydrogens (primary N) is 1. The van der Waals surface area contributed by atoms with Gasteiger partial charge >= 0.3 is 0 Å². The Bertz CT molecular complexity index is 357. The molecule has 1 saturated heterocycles. The number of nitrogens with zero attached hydrogens (tertiary/aromatic N) is 1. The topological polar surface area (TPSA) is 38.5 Å². The van der Waals surface area contributed by atoms with Crippen molar-refractivity contribution in [3.05, 3.63) is 29.8 Å². The van der Waals surface area contributed by atoms with Crippen LogP contribution in [0.5, 0.6) is 5.75 Å². The molecule has 1 aromatic carbocycles. The summed E-state index contributed by atoms with van der Waals surface area (Å²) in [6.45, 7) is 8.09. The van der Waals surface area contributed by atoms with E-state index in [-0.39, 0.29) is 0 Å². The molecule has 0 spiro atoms. The molecule has 0 amide bonds. The maximum absolute atomic E-state index is 5.99. The Morgan fingerprint density at radius 3 is 2.88 bits per heavy atom. The average molecular weight is 234 g/mol. The third-order valence-electron chi connectivity index (χ3n) is 3.41. The van der Waals surface area contributed by atoms with Gasteiger partial charge in [-0.05, 0) is 30.5 Å². The van der Waals surface area contributed by atoms with Crippen molar-refractivity contribution in [2.24, 2.45) is 11.7 Å². The standard InChI is InChI=1S/C14H22N2O/c1-11-4-3-5-13(8-11)17-7-6-16-9-12(2)14(15)10-16/h3-5,8,12,14H,6-7,9-10,15H2,1-2H3. The zero-order chi connectivity index (χ0) is 12.3. The first-order chi connectivity index (χ1) is 8.15. The predicted octanol–water partition coefficient (Wildman–Crippen LogP) is 1.65. The van der Waals surface area contributed by atoms with Gasteiger partial charge in [-0.25, -0.2) is 0 Å². The van der Waals surface area contributed by atoms with Crippen molar-refractivity contribution in [1.82, 2.24) is 4.90 Å². The van der Waals surface area contributed by atoms with Gasteiger partial charge in [0.2, 0.25) is 0 Å². The summed E-state index contributed by atoms with van der Waals surface area (Å²) in [6.07, 6.45) is 0. The fraction of sp³-hybridized carbons (Fsp3) is 0.571. The summed E-state index contributed by atoms with van der Waals surface area (Å²) in [5.41, 5.74) is 7.22. The lowest BCUT2D eigenvalue weighted by Gasteiger charge is -2.15. The fourth-order valence-electron chi connectivity index (χ4n) is 2.28. The van der Waals surface area contributed by atoms with Crippen molar-refractivity contribution in [3.63, 3.8) is 0 Å². The molecule has 1 heterocycles. The number of likely N-dealkylation sites (tertiary alicyclic amines) is 1. The minimum Gasteiger partial charge on any atom is -0.492 e. The van der Waals surface area contributed by atoms with E-state index in [9.17, 15) is 0 Å². The van der Waals surface area contributed by atoms with Gasteiger partial charge in [-0.3, -0.25) is 4.90 Å². The Balaban J connectivity index is 1.73. The molecule has 1 aromatic rings. The molecule has 3 heteroatoms. The van der Waals surface area contributed by atoms with Crippen LogP contribution in [-0.4, -0.2) is 37.2 Å². The highest BCUT2D eigenvalue weighted by molar-refractivity contribution is 5.27. The van der Waals surface area contributed by atoms with Crippen LogP contribution < -0.4 is 10.5 Å². The molecule has 0 bridgehead atoms. The van der Waals surface area contributed by atoms with Crippen molar-refractivity contribution in [3.8, 4) is 5.75 Å². The molecule has 0 aromatic heterocycles. The highest BCUT2D eigenvalue weighted by Gasteiger charge is 2.25. The van der Waals surface area contributed by atoms with E-state index in [1.807, 2.05) is 12.1 Å². The molecule has 2 unspecified atom stereocenters. The van der Waals surface area contributed by atoms with Crippen LogP contribution in [0, 0.1) is 12.8 Å². The summed E-state index contributed by atoms with van der Waals surface area (Å²) in [6, 6.07) is 8.50. The molecule has 3 nitrogen and oxygen atoms in total. The minimum atomic E-state index is 0.328. The number of ether oxygens (including phenoxy) is 1. The number of rotatable bonds is 4. The normalized spacial score (nSPS) is 25.1. The second-order valence-electron chi connectivity index (χ2n) is 5.07. The second kappa shape index (κ2) is 5.52. The molecular formula is C14H22N2O. The lowest BCUT2D eigenvalue weighted by atomic mass is 10.1. The first-order valence-corrected chi connectivity index (χ1v) is 6.32. The Kier molecular flexibility index (Phi) is 4.02.